The highest BCUT2D eigenvalue weighted by atomic mass is 35.5. The topological polar surface area (TPSA) is 26.3 Å². The number of methoxy groups -OCH3 is 1. The van der Waals surface area contributed by atoms with Gasteiger partial charge in [-0.2, -0.15) is 0 Å². The van der Waals surface area contributed by atoms with Gasteiger partial charge in [-0.1, -0.05) is 35.3 Å². The third-order valence-electron chi connectivity index (χ3n) is 2.96. The van der Waals surface area contributed by atoms with Gasteiger partial charge in [0.25, 0.3) is 0 Å². The van der Waals surface area contributed by atoms with Crippen LogP contribution in [-0.4, -0.2) is 17.2 Å². The van der Waals surface area contributed by atoms with E-state index in [9.17, 15) is 4.79 Å². The van der Waals surface area contributed by atoms with Gasteiger partial charge in [0.2, 0.25) is 0 Å². The number of hydrogen-bond donors (Lipinski definition) is 0. The number of ether oxygens (including phenoxy) is 1. The van der Waals surface area contributed by atoms with Crippen LogP contribution in [0.5, 0.6) is 5.75 Å². The van der Waals surface area contributed by atoms with Crippen molar-refractivity contribution in [1.29, 1.82) is 0 Å². The second-order valence-electron chi connectivity index (χ2n) is 4.00. The van der Waals surface area contributed by atoms with Gasteiger partial charge in [-0.3, -0.25) is 4.79 Å². The van der Waals surface area contributed by atoms with Crippen LogP contribution in [0.2, 0.25) is 0 Å². The highest BCUT2D eigenvalue weighted by Crippen LogP contribution is 2.46. The molecule has 1 aliphatic carbocycles. The molecule has 2 nitrogen and oxygen atoms in total. The number of carbonyl (C=O) groups excluding carboxylic acids is 1. The predicted octanol–water partition coefficient (Wildman–Crippen LogP) is 3.00. The molecule has 1 aliphatic rings. The third-order valence-corrected chi connectivity index (χ3v) is 4.00. The number of rotatable bonds is 3. The fourth-order valence-corrected chi connectivity index (χ4v) is 2.29. The van der Waals surface area contributed by atoms with Gasteiger partial charge in [0.1, 0.15) is 5.75 Å². The molecule has 2 rings (SSSR count). The molecule has 4 heteroatoms. The summed E-state index contributed by atoms with van der Waals surface area (Å²) in [5.41, 5.74) is 1.11. The van der Waals surface area contributed by atoms with Crippen LogP contribution in [0.1, 0.15) is 12.0 Å². The number of ketones is 1. The number of benzene rings is 1. The molecule has 0 aliphatic heterocycles. The van der Waals surface area contributed by atoms with Gasteiger partial charge in [-0.25, -0.2) is 0 Å². The van der Waals surface area contributed by atoms with E-state index in [0.29, 0.717) is 6.42 Å². The zero-order chi connectivity index (χ0) is 11.8. The smallest absolute Gasteiger partial charge is 0.179 e. The molecule has 0 amide bonds. The van der Waals surface area contributed by atoms with Crippen molar-refractivity contribution in [2.24, 2.45) is 5.92 Å². The van der Waals surface area contributed by atoms with Crippen LogP contribution >= 0.6 is 23.2 Å². The number of carbonyl (C=O) groups is 1. The van der Waals surface area contributed by atoms with Gasteiger partial charge >= 0.3 is 0 Å². The highest BCUT2D eigenvalue weighted by molar-refractivity contribution is 6.60. The largest absolute Gasteiger partial charge is 0.497 e. The van der Waals surface area contributed by atoms with Crippen LogP contribution in [0.3, 0.4) is 0 Å². The van der Waals surface area contributed by atoms with Gasteiger partial charge in [-0.15, -0.1) is 0 Å². The maximum Gasteiger partial charge on any atom is 0.179 e. The molecule has 86 valence electrons. The number of Topliss-reactive ketones (excluding diaryl/α,β-unsaturated/α-hetero) is 1. The lowest BCUT2D eigenvalue weighted by Crippen LogP contribution is -2.48. The Balaban J connectivity index is 2.02. The van der Waals surface area contributed by atoms with Gasteiger partial charge in [0, 0.05) is 12.3 Å². The lowest BCUT2D eigenvalue weighted by atomic mass is 9.78. The first-order valence-electron chi connectivity index (χ1n) is 5.08. The minimum Gasteiger partial charge on any atom is -0.497 e. The molecule has 0 bridgehead atoms. The lowest BCUT2D eigenvalue weighted by Gasteiger charge is -2.37. The molecule has 0 spiro atoms. The van der Waals surface area contributed by atoms with E-state index in [1.165, 1.54) is 0 Å². The second kappa shape index (κ2) is 4.27. The van der Waals surface area contributed by atoms with Crippen LogP contribution in [0.25, 0.3) is 0 Å². The average molecular weight is 259 g/mol. The maximum atomic E-state index is 11.2. The summed E-state index contributed by atoms with van der Waals surface area (Å²) >= 11 is 11.8. The van der Waals surface area contributed by atoms with Crippen molar-refractivity contribution in [2.75, 3.05) is 7.11 Å². The quantitative estimate of drug-likeness (QED) is 0.780. The summed E-state index contributed by atoms with van der Waals surface area (Å²) in [4.78, 5) is 11.2. The fraction of sp³-hybridized carbons (Fsp3) is 0.417. The van der Waals surface area contributed by atoms with Gasteiger partial charge < -0.3 is 4.74 Å². The molecule has 1 atom stereocenters. The molecule has 1 saturated carbocycles. The average Bonchev–Trinajstić information content (AvgIpc) is 2.29. The molecule has 0 heterocycles. The number of alkyl halides is 2. The first-order valence-corrected chi connectivity index (χ1v) is 5.83. The summed E-state index contributed by atoms with van der Waals surface area (Å²) in [7, 11) is 1.63. The first-order chi connectivity index (χ1) is 7.54. The predicted molar refractivity (Wildman–Crippen MR) is 64.2 cm³/mol. The molecule has 1 aromatic carbocycles. The Hall–Kier alpha value is -0.730. The normalized spacial score (nSPS) is 22.7. The van der Waals surface area contributed by atoms with Crippen molar-refractivity contribution >= 4 is 29.0 Å². The number of halogens is 2. The molecule has 0 saturated heterocycles. The summed E-state index contributed by atoms with van der Waals surface area (Å²) in [5, 5.41) is 0. The van der Waals surface area contributed by atoms with E-state index < -0.39 is 4.33 Å². The molecule has 1 fully saturated rings. The van der Waals surface area contributed by atoms with Crippen LogP contribution < -0.4 is 4.74 Å². The van der Waals surface area contributed by atoms with E-state index in [-0.39, 0.29) is 11.7 Å². The molecular weight excluding hydrogens is 247 g/mol. The highest BCUT2D eigenvalue weighted by Gasteiger charge is 2.51. The van der Waals surface area contributed by atoms with Gasteiger partial charge in [-0.05, 0) is 24.1 Å². The van der Waals surface area contributed by atoms with Crippen LogP contribution in [0.4, 0.5) is 0 Å². The van der Waals surface area contributed by atoms with E-state index in [1.807, 2.05) is 24.3 Å². The standard InChI is InChI=1S/C12H12Cl2O2/c1-16-10-4-2-8(3-5-10)6-9-7-11(15)12(9,13)14/h2-5,9H,6-7H2,1H3. The Morgan fingerprint density at radius 3 is 2.44 bits per heavy atom. The van der Waals surface area contributed by atoms with Gasteiger partial charge in [0.05, 0.1) is 7.11 Å². The van der Waals surface area contributed by atoms with E-state index in [2.05, 4.69) is 0 Å². The van der Waals surface area contributed by atoms with Crippen LogP contribution in [0.15, 0.2) is 24.3 Å². The molecule has 1 aromatic rings. The first kappa shape index (κ1) is 11.7. The second-order valence-corrected chi connectivity index (χ2v) is 5.39. The van der Waals surface area contributed by atoms with Crippen molar-refractivity contribution in [3.63, 3.8) is 0 Å². The van der Waals surface area contributed by atoms with E-state index >= 15 is 0 Å². The van der Waals surface area contributed by atoms with E-state index in [4.69, 9.17) is 27.9 Å². The van der Waals surface area contributed by atoms with Gasteiger partial charge in [0.15, 0.2) is 10.1 Å². The minimum atomic E-state index is -1.18. The summed E-state index contributed by atoms with van der Waals surface area (Å²) in [6.07, 6.45) is 1.20. The van der Waals surface area contributed by atoms with Crippen LogP contribution in [-0.2, 0) is 11.2 Å². The summed E-state index contributed by atoms with van der Waals surface area (Å²) in [5.74, 6) is 0.766. The molecule has 0 N–H and O–H groups in total. The molecule has 0 radical (unpaired) electrons. The van der Waals surface area contributed by atoms with Crippen LogP contribution in [0, 0.1) is 5.92 Å². The van der Waals surface area contributed by atoms with Crippen molar-refractivity contribution in [3.8, 4) is 5.75 Å². The number of hydrogen-bond acceptors (Lipinski definition) is 2. The maximum absolute atomic E-state index is 11.2. The van der Waals surface area contributed by atoms with Crippen molar-refractivity contribution in [3.05, 3.63) is 29.8 Å². The monoisotopic (exact) mass is 258 g/mol. The molecular formula is C12H12Cl2O2. The third kappa shape index (κ3) is 2.04. The van der Waals surface area contributed by atoms with Crippen molar-refractivity contribution < 1.29 is 9.53 Å². The van der Waals surface area contributed by atoms with Crippen molar-refractivity contribution in [1.82, 2.24) is 0 Å². The minimum absolute atomic E-state index is 0.0247. The Bertz CT molecular complexity index is 398. The fourth-order valence-electron chi connectivity index (χ4n) is 1.83. The lowest BCUT2D eigenvalue weighted by molar-refractivity contribution is -0.128. The summed E-state index contributed by atoms with van der Waals surface area (Å²) in [6.45, 7) is 0. The molecule has 0 aromatic heterocycles. The summed E-state index contributed by atoms with van der Waals surface area (Å²) < 4.78 is 3.89. The summed E-state index contributed by atoms with van der Waals surface area (Å²) in [6, 6.07) is 7.71. The Labute approximate surface area is 104 Å². The van der Waals surface area contributed by atoms with E-state index in [0.717, 1.165) is 17.7 Å². The molecule has 16 heavy (non-hydrogen) atoms. The Kier molecular flexibility index (Phi) is 3.13. The Morgan fingerprint density at radius 2 is 2.00 bits per heavy atom. The molecule has 1 unspecified atom stereocenters. The van der Waals surface area contributed by atoms with E-state index in [1.54, 1.807) is 7.11 Å². The zero-order valence-electron chi connectivity index (χ0n) is 8.87. The Morgan fingerprint density at radius 1 is 1.38 bits per heavy atom. The van der Waals surface area contributed by atoms with Crippen molar-refractivity contribution in [2.45, 2.75) is 17.2 Å². The SMILES string of the molecule is COc1ccc(CC2CC(=O)C2(Cl)Cl)cc1. The zero-order valence-corrected chi connectivity index (χ0v) is 10.4.